The van der Waals surface area contributed by atoms with Crippen molar-refractivity contribution in [2.75, 3.05) is 14.2 Å². The van der Waals surface area contributed by atoms with E-state index in [0.29, 0.717) is 0 Å². The quantitative estimate of drug-likeness (QED) is 0.232. The van der Waals surface area contributed by atoms with Crippen LogP contribution in [0.2, 0.25) is 0 Å². The van der Waals surface area contributed by atoms with E-state index in [-0.39, 0.29) is 56.8 Å². The molecule has 2 atom stereocenters. The van der Waals surface area contributed by atoms with Crippen molar-refractivity contribution >= 4 is 23.5 Å². The molecule has 2 unspecified atom stereocenters. The highest BCUT2D eigenvalue weighted by Crippen LogP contribution is 2.47. The molecule has 0 aliphatic heterocycles. The summed E-state index contributed by atoms with van der Waals surface area (Å²) < 4.78 is 10.7. The van der Waals surface area contributed by atoms with E-state index in [1.807, 2.05) is 0 Å². The average molecular weight is 506 g/mol. The summed E-state index contributed by atoms with van der Waals surface area (Å²) in [6.45, 7) is 5.08. The summed E-state index contributed by atoms with van der Waals surface area (Å²) in [6, 6.07) is 5.46. The van der Waals surface area contributed by atoms with Crippen molar-refractivity contribution in [3.05, 3.63) is 35.4 Å². The number of carboxylic acid groups (broad SMARTS) is 2. The fourth-order valence-electron chi connectivity index (χ4n) is 2.81. The Balaban J connectivity index is 2.87. The first-order valence-corrected chi connectivity index (χ1v) is 10.5. The number of hydrogen-bond donors (Lipinski definition) is 2. The Labute approximate surface area is 206 Å². The zero-order valence-corrected chi connectivity index (χ0v) is 20.4. The van der Waals surface area contributed by atoms with Crippen LogP contribution < -0.4 is 19.2 Å². The van der Waals surface area contributed by atoms with Crippen molar-refractivity contribution in [2.45, 2.75) is 39.9 Å². The zero-order valence-electron chi connectivity index (χ0n) is 20.4. The molecule has 0 aliphatic carbocycles. The lowest BCUT2D eigenvalue weighted by Crippen LogP contribution is -2.22. The first kappa shape index (κ1) is 28.1. The largest absolute Gasteiger partial charge is 0.493 e. The minimum atomic E-state index is -1.39. The maximum absolute atomic E-state index is 12.2. The number of hydrogen-bond acceptors (Lipinski definition) is 10. The third-order valence-electron chi connectivity index (χ3n) is 4.90. The SMILES string of the molecule is COc1cc(C(C)=O)cc(-c2cc(C(C)=O)cc(OC)c2OOC(C)C(=O)O)c1OOC(C)C(=O)O. The van der Waals surface area contributed by atoms with E-state index in [4.69, 9.17) is 39.2 Å². The van der Waals surface area contributed by atoms with Crippen LogP contribution in [0.15, 0.2) is 24.3 Å². The highest BCUT2D eigenvalue weighted by molar-refractivity contribution is 6.00. The van der Waals surface area contributed by atoms with Gasteiger partial charge >= 0.3 is 11.9 Å². The number of carbonyl (C=O) groups is 4. The smallest absolute Gasteiger partial charge is 0.337 e. The van der Waals surface area contributed by atoms with Gasteiger partial charge in [0.1, 0.15) is 0 Å². The van der Waals surface area contributed by atoms with Crippen LogP contribution in [0.5, 0.6) is 23.0 Å². The molecule has 2 rings (SSSR count). The van der Waals surface area contributed by atoms with Gasteiger partial charge in [0.25, 0.3) is 0 Å². The lowest BCUT2D eigenvalue weighted by Gasteiger charge is -2.20. The molecule has 194 valence electrons. The van der Waals surface area contributed by atoms with Gasteiger partial charge in [0.05, 0.1) is 14.2 Å². The molecule has 0 aliphatic rings. The maximum Gasteiger partial charge on any atom is 0.337 e. The number of carboxylic acids is 2. The van der Waals surface area contributed by atoms with Crippen LogP contribution in [0, 0.1) is 0 Å². The lowest BCUT2D eigenvalue weighted by atomic mass is 9.96. The van der Waals surface area contributed by atoms with Gasteiger partial charge < -0.3 is 29.5 Å². The number of ether oxygens (including phenoxy) is 2. The van der Waals surface area contributed by atoms with Gasteiger partial charge in [-0.05, 0) is 52.0 Å². The van der Waals surface area contributed by atoms with Gasteiger partial charge in [-0.25, -0.2) is 9.59 Å². The monoisotopic (exact) mass is 506 g/mol. The summed E-state index contributed by atoms with van der Waals surface area (Å²) in [4.78, 5) is 67.5. The highest BCUT2D eigenvalue weighted by atomic mass is 17.2. The van der Waals surface area contributed by atoms with Crippen LogP contribution in [-0.2, 0) is 19.4 Å². The molecule has 0 saturated carbocycles. The molecule has 12 nitrogen and oxygen atoms in total. The van der Waals surface area contributed by atoms with Crippen molar-refractivity contribution in [2.24, 2.45) is 0 Å². The summed E-state index contributed by atoms with van der Waals surface area (Å²) in [5.74, 6) is -3.65. The van der Waals surface area contributed by atoms with Crippen LogP contribution in [0.1, 0.15) is 48.4 Å². The molecule has 0 spiro atoms. The van der Waals surface area contributed by atoms with Crippen LogP contribution >= 0.6 is 0 Å². The van der Waals surface area contributed by atoms with E-state index >= 15 is 0 Å². The fourth-order valence-corrected chi connectivity index (χ4v) is 2.81. The third-order valence-corrected chi connectivity index (χ3v) is 4.90. The van der Waals surface area contributed by atoms with E-state index in [9.17, 15) is 19.2 Å². The molecule has 0 aromatic heterocycles. The summed E-state index contributed by atoms with van der Waals surface area (Å²) in [5, 5.41) is 18.3. The first-order chi connectivity index (χ1) is 16.9. The number of Topliss-reactive ketones (excluding diaryl/α,β-unsaturated/α-hetero) is 2. The summed E-state index contributed by atoms with van der Waals surface area (Å²) >= 11 is 0. The molecule has 0 bridgehead atoms. The number of aliphatic carboxylic acids is 2. The Morgan fingerprint density at radius 1 is 0.667 bits per heavy atom. The highest BCUT2D eigenvalue weighted by Gasteiger charge is 2.27. The molecule has 0 fully saturated rings. The Bertz CT molecular complexity index is 1080. The van der Waals surface area contributed by atoms with Gasteiger partial charge in [-0.15, -0.1) is 0 Å². The van der Waals surface area contributed by atoms with Crippen LogP contribution in [0.4, 0.5) is 0 Å². The van der Waals surface area contributed by atoms with E-state index < -0.39 is 24.1 Å². The number of methoxy groups -OCH3 is 2. The van der Waals surface area contributed by atoms with Crippen LogP contribution in [-0.4, -0.2) is 60.1 Å². The fraction of sp³-hybridized carbons (Fsp3) is 0.333. The molecular weight excluding hydrogens is 480 g/mol. The molecular formula is C24H26O12. The molecule has 2 aromatic carbocycles. The zero-order chi connectivity index (χ0) is 27.2. The molecule has 2 aromatic rings. The minimum Gasteiger partial charge on any atom is -0.493 e. The van der Waals surface area contributed by atoms with Crippen molar-refractivity contribution in [3.8, 4) is 34.1 Å². The number of benzene rings is 2. The summed E-state index contributed by atoms with van der Waals surface area (Å²) in [5.41, 5.74) is 0.470. The van der Waals surface area contributed by atoms with E-state index in [0.717, 1.165) is 0 Å². The van der Waals surface area contributed by atoms with Crippen molar-refractivity contribution in [3.63, 3.8) is 0 Å². The molecule has 0 amide bonds. The predicted octanol–water partition coefficient (Wildman–Crippen LogP) is 3.34. The molecule has 12 heteroatoms. The van der Waals surface area contributed by atoms with Crippen molar-refractivity contribution < 1.29 is 58.4 Å². The van der Waals surface area contributed by atoms with Gasteiger partial charge in [-0.1, -0.05) is 0 Å². The molecule has 0 radical (unpaired) electrons. The van der Waals surface area contributed by atoms with Gasteiger partial charge in [0, 0.05) is 22.3 Å². The Morgan fingerprint density at radius 3 is 1.25 bits per heavy atom. The van der Waals surface area contributed by atoms with Gasteiger partial charge in [-0.3, -0.25) is 9.59 Å². The maximum atomic E-state index is 12.2. The third kappa shape index (κ3) is 6.49. The average Bonchev–Trinajstić information content (AvgIpc) is 2.84. The Kier molecular flexibility index (Phi) is 9.36. The van der Waals surface area contributed by atoms with Gasteiger partial charge in [0.15, 0.2) is 35.3 Å². The Morgan fingerprint density at radius 2 is 1.00 bits per heavy atom. The van der Waals surface area contributed by atoms with Crippen molar-refractivity contribution in [1.29, 1.82) is 0 Å². The first-order valence-electron chi connectivity index (χ1n) is 10.5. The molecule has 0 heterocycles. The standard InChI is InChI=1S/C24H26O12/c1-11(25)15-7-17(21(19(9-15)31-5)35-33-13(3)23(27)28)18-8-16(12(2)26)10-20(32-6)22(18)36-34-14(4)24(29)30/h7-10,13-14H,1-6H3,(H,27,28)(H,29,30). The number of ketones is 2. The number of rotatable bonds is 13. The molecule has 2 N–H and O–H groups in total. The van der Waals surface area contributed by atoms with Gasteiger partial charge in [0.2, 0.25) is 11.5 Å². The van der Waals surface area contributed by atoms with E-state index in [2.05, 4.69) is 0 Å². The van der Waals surface area contributed by atoms with Gasteiger partial charge in [-0.2, -0.15) is 9.78 Å². The van der Waals surface area contributed by atoms with Crippen molar-refractivity contribution in [1.82, 2.24) is 0 Å². The topological polar surface area (TPSA) is 164 Å². The second kappa shape index (κ2) is 12.0. The molecule has 0 saturated heterocycles. The predicted molar refractivity (Wildman–Crippen MR) is 123 cm³/mol. The minimum absolute atomic E-state index is 0.00624. The number of carbonyl (C=O) groups excluding carboxylic acids is 2. The normalized spacial score (nSPS) is 12.3. The Hall–Kier alpha value is -4.16. The molecule has 36 heavy (non-hydrogen) atoms. The second-order valence-electron chi connectivity index (χ2n) is 7.54. The van der Waals surface area contributed by atoms with Crippen LogP contribution in [0.3, 0.4) is 0 Å². The van der Waals surface area contributed by atoms with E-state index in [1.165, 1.54) is 66.2 Å². The lowest BCUT2D eigenvalue weighted by molar-refractivity contribution is -0.244. The van der Waals surface area contributed by atoms with E-state index in [1.54, 1.807) is 0 Å². The summed E-state index contributed by atoms with van der Waals surface area (Å²) in [6.07, 6.45) is -2.77. The van der Waals surface area contributed by atoms with Crippen LogP contribution in [0.25, 0.3) is 11.1 Å². The summed E-state index contributed by atoms with van der Waals surface area (Å²) in [7, 11) is 2.58. The second-order valence-corrected chi connectivity index (χ2v) is 7.54.